The molecule has 1 rings (SSSR count). The fourth-order valence-electron chi connectivity index (χ4n) is 2.70. The van der Waals surface area contributed by atoms with Gasteiger partial charge in [-0.25, -0.2) is 0 Å². The molecule has 0 bridgehead atoms. The predicted molar refractivity (Wildman–Crippen MR) is 60.0 cm³/mol. The Balaban J connectivity index is 2.66. The van der Waals surface area contributed by atoms with Crippen LogP contribution in [0.4, 0.5) is 0 Å². The molecule has 2 nitrogen and oxygen atoms in total. The number of hydrogen-bond acceptors (Lipinski definition) is 2. The molecule has 1 fully saturated rings. The molecule has 84 valence electrons. The number of rotatable bonds is 4. The normalized spacial score (nSPS) is 25.7. The van der Waals surface area contributed by atoms with Crippen molar-refractivity contribution in [2.75, 3.05) is 6.54 Å². The van der Waals surface area contributed by atoms with Gasteiger partial charge in [-0.3, -0.25) is 0 Å². The van der Waals surface area contributed by atoms with Crippen LogP contribution in [0.2, 0.25) is 0 Å². The van der Waals surface area contributed by atoms with Crippen LogP contribution in [-0.4, -0.2) is 17.8 Å². The number of aliphatic hydroxyl groups is 1. The zero-order valence-corrected chi connectivity index (χ0v) is 9.63. The van der Waals surface area contributed by atoms with E-state index in [9.17, 15) is 5.11 Å². The summed E-state index contributed by atoms with van der Waals surface area (Å²) in [6, 6.07) is 0. The molecule has 2 unspecified atom stereocenters. The molecule has 0 aromatic carbocycles. The molecule has 2 atom stereocenters. The van der Waals surface area contributed by atoms with Gasteiger partial charge in [-0.05, 0) is 18.8 Å². The van der Waals surface area contributed by atoms with Crippen molar-refractivity contribution >= 4 is 0 Å². The largest absolute Gasteiger partial charge is 0.392 e. The maximum absolute atomic E-state index is 10.3. The molecule has 0 saturated heterocycles. The Morgan fingerprint density at radius 3 is 2.29 bits per heavy atom. The van der Waals surface area contributed by atoms with Crippen LogP contribution in [0.3, 0.4) is 0 Å². The van der Waals surface area contributed by atoms with Crippen LogP contribution in [0, 0.1) is 11.3 Å². The van der Waals surface area contributed by atoms with E-state index in [1.807, 2.05) is 0 Å². The van der Waals surface area contributed by atoms with Crippen LogP contribution < -0.4 is 5.73 Å². The Kier molecular flexibility index (Phi) is 4.39. The fraction of sp³-hybridized carbons (Fsp3) is 1.00. The van der Waals surface area contributed by atoms with Crippen molar-refractivity contribution in [1.82, 2.24) is 0 Å². The molecule has 2 heteroatoms. The van der Waals surface area contributed by atoms with Crippen molar-refractivity contribution < 1.29 is 5.11 Å². The first-order valence-electron chi connectivity index (χ1n) is 6.04. The molecule has 1 aliphatic rings. The summed E-state index contributed by atoms with van der Waals surface area (Å²) in [5.41, 5.74) is 5.91. The Labute approximate surface area is 87.9 Å². The van der Waals surface area contributed by atoms with E-state index in [1.165, 1.54) is 19.3 Å². The Hall–Kier alpha value is -0.0800. The smallest absolute Gasteiger partial charge is 0.0633 e. The van der Waals surface area contributed by atoms with Gasteiger partial charge in [0, 0.05) is 12.0 Å². The monoisotopic (exact) mass is 199 g/mol. The Bertz CT molecular complexity index is 164. The van der Waals surface area contributed by atoms with E-state index < -0.39 is 0 Å². The number of hydrogen-bond donors (Lipinski definition) is 2. The number of nitrogens with two attached hydrogens (primary N) is 1. The molecular weight excluding hydrogens is 174 g/mol. The molecule has 14 heavy (non-hydrogen) atoms. The highest BCUT2D eigenvalue weighted by Gasteiger charge is 2.39. The molecule has 0 amide bonds. The summed E-state index contributed by atoms with van der Waals surface area (Å²) < 4.78 is 0. The average Bonchev–Trinajstić information content (AvgIpc) is 2.28. The van der Waals surface area contributed by atoms with Crippen molar-refractivity contribution in [3.8, 4) is 0 Å². The predicted octanol–water partition coefficient (Wildman–Crippen LogP) is 2.30. The zero-order chi connectivity index (χ0) is 10.6. The molecule has 1 saturated carbocycles. The van der Waals surface area contributed by atoms with E-state index >= 15 is 0 Å². The second kappa shape index (κ2) is 5.13. The van der Waals surface area contributed by atoms with Gasteiger partial charge >= 0.3 is 0 Å². The molecule has 3 N–H and O–H groups in total. The van der Waals surface area contributed by atoms with Crippen LogP contribution in [0.1, 0.15) is 52.4 Å². The standard InChI is InChI=1S/C12H25NO/c1-3-10(2)11(14)12(9-13)7-5-4-6-8-12/h10-11,14H,3-9,13H2,1-2H3. The SMILES string of the molecule is CCC(C)C(O)C1(CN)CCCCC1. The maximum Gasteiger partial charge on any atom is 0.0633 e. The molecule has 0 aromatic heterocycles. The highest BCUT2D eigenvalue weighted by molar-refractivity contribution is 4.91. The molecule has 0 spiro atoms. The summed E-state index contributed by atoms with van der Waals surface area (Å²) in [4.78, 5) is 0. The van der Waals surface area contributed by atoms with Crippen molar-refractivity contribution in [2.24, 2.45) is 17.1 Å². The second-order valence-electron chi connectivity index (χ2n) is 4.96. The van der Waals surface area contributed by atoms with E-state index in [-0.39, 0.29) is 11.5 Å². The minimum atomic E-state index is -0.196. The van der Waals surface area contributed by atoms with Gasteiger partial charge in [0.1, 0.15) is 0 Å². The quantitative estimate of drug-likeness (QED) is 0.730. The molecule has 1 aliphatic carbocycles. The average molecular weight is 199 g/mol. The van der Waals surface area contributed by atoms with Gasteiger partial charge in [0.2, 0.25) is 0 Å². The maximum atomic E-state index is 10.3. The third-order valence-corrected chi connectivity index (χ3v) is 4.07. The van der Waals surface area contributed by atoms with Gasteiger partial charge in [0.05, 0.1) is 6.10 Å². The van der Waals surface area contributed by atoms with E-state index in [2.05, 4.69) is 13.8 Å². The summed E-state index contributed by atoms with van der Waals surface area (Å²) in [5, 5.41) is 10.3. The first-order chi connectivity index (χ1) is 6.66. The highest BCUT2D eigenvalue weighted by Crippen LogP contribution is 2.41. The van der Waals surface area contributed by atoms with Crippen molar-refractivity contribution in [2.45, 2.75) is 58.5 Å². The van der Waals surface area contributed by atoms with Crippen LogP contribution in [0.5, 0.6) is 0 Å². The van der Waals surface area contributed by atoms with Gasteiger partial charge in [-0.1, -0.05) is 39.5 Å². The van der Waals surface area contributed by atoms with Gasteiger partial charge in [0.15, 0.2) is 0 Å². The van der Waals surface area contributed by atoms with E-state index in [4.69, 9.17) is 5.73 Å². The summed E-state index contributed by atoms with van der Waals surface area (Å²) in [6.07, 6.45) is 6.88. The van der Waals surface area contributed by atoms with Gasteiger partial charge in [0.25, 0.3) is 0 Å². The fourth-order valence-corrected chi connectivity index (χ4v) is 2.70. The van der Waals surface area contributed by atoms with E-state index in [0.717, 1.165) is 19.3 Å². The number of aliphatic hydroxyl groups excluding tert-OH is 1. The first-order valence-corrected chi connectivity index (χ1v) is 6.04. The second-order valence-corrected chi connectivity index (χ2v) is 4.96. The van der Waals surface area contributed by atoms with E-state index in [0.29, 0.717) is 12.5 Å². The highest BCUT2D eigenvalue weighted by atomic mass is 16.3. The molecule has 0 aliphatic heterocycles. The van der Waals surface area contributed by atoms with Gasteiger partial charge in [-0.15, -0.1) is 0 Å². The van der Waals surface area contributed by atoms with Crippen LogP contribution in [0.15, 0.2) is 0 Å². The van der Waals surface area contributed by atoms with Crippen LogP contribution >= 0.6 is 0 Å². The van der Waals surface area contributed by atoms with Crippen molar-refractivity contribution in [1.29, 1.82) is 0 Å². The third kappa shape index (κ3) is 2.29. The summed E-state index contributed by atoms with van der Waals surface area (Å²) in [5.74, 6) is 0.386. The Morgan fingerprint density at radius 2 is 1.86 bits per heavy atom. The summed E-state index contributed by atoms with van der Waals surface area (Å²) in [6.45, 7) is 4.93. The lowest BCUT2D eigenvalue weighted by molar-refractivity contribution is -0.0329. The van der Waals surface area contributed by atoms with Crippen molar-refractivity contribution in [3.63, 3.8) is 0 Å². The Morgan fingerprint density at radius 1 is 1.29 bits per heavy atom. The molecule has 0 aromatic rings. The lowest BCUT2D eigenvalue weighted by Crippen LogP contribution is -2.46. The van der Waals surface area contributed by atoms with Crippen molar-refractivity contribution in [3.05, 3.63) is 0 Å². The lowest BCUT2D eigenvalue weighted by Gasteiger charge is -2.42. The van der Waals surface area contributed by atoms with Gasteiger partial charge in [-0.2, -0.15) is 0 Å². The topological polar surface area (TPSA) is 46.2 Å². The summed E-state index contributed by atoms with van der Waals surface area (Å²) >= 11 is 0. The van der Waals surface area contributed by atoms with Gasteiger partial charge < -0.3 is 10.8 Å². The molecular formula is C12H25NO. The molecule has 0 radical (unpaired) electrons. The summed E-state index contributed by atoms with van der Waals surface area (Å²) in [7, 11) is 0. The first kappa shape index (κ1) is 12.0. The van der Waals surface area contributed by atoms with E-state index in [1.54, 1.807) is 0 Å². The lowest BCUT2D eigenvalue weighted by atomic mass is 9.67. The minimum absolute atomic E-state index is 0.0354. The van der Waals surface area contributed by atoms with Crippen LogP contribution in [-0.2, 0) is 0 Å². The molecule has 0 heterocycles. The zero-order valence-electron chi connectivity index (χ0n) is 9.63. The van der Waals surface area contributed by atoms with Crippen LogP contribution in [0.25, 0.3) is 0 Å². The third-order valence-electron chi connectivity index (χ3n) is 4.07. The minimum Gasteiger partial charge on any atom is -0.392 e.